The topological polar surface area (TPSA) is 51.2 Å². The molecule has 124 valence electrons. The molecule has 25 heavy (non-hydrogen) atoms. The van der Waals surface area contributed by atoms with Crippen LogP contribution >= 0.6 is 11.6 Å². The van der Waals surface area contributed by atoms with Gasteiger partial charge >= 0.3 is 0 Å². The molecule has 0 spiro atoms. The van der Waals surface area contributed by atoms with E-state index in [2.05, 4.69) is 11.8 Å². The van der Waals surface area contributed by atoms with E-state index in [4.69, 9.17) is 11.6 Å². The van der Waals surface area contributed by atoms with Crippen molar-refractivity contribution in [3.8, 4) is 11.8 Å². The number of fused-ring (bicyclic) bond motifs is 2. The number of hydrogen-bond acceptors (Lipinski definition) is 3. The molecule has 3 rings (SSSR count). The number of rotatable bonds is 3. The molecule has 0 aromatic heterocycles. The second kappa shape index (κ2) is 7.04. The van der Waals surface area contributed by atoms with E-state index in [0.29, 0.717) is 17.5 Å². The lowest BCUT2D eigenvalue weighted by atomic mass is 9.83. The van der Waals surface area contributed by atoms with Gasteiger partial charge in [-0.05, 0) is 24.5 Å². The highest BCUT2D eigenvalue weighted by atomic mass is 35.5. The van der Waals surface area contributed by atoms with Crippen molar-refractivity contribution < 1.29 is 14.4 Å². The van der Waals surface area contributed by atoms with Crippen LogP contribution in [0.4, 0.5) is 0 Å². The fourth-order valence-corrected chi connectivity index (χ4v) is 3.13. The van der Waals surface area contributed by atoms with Gasteiger partial charge in [0.05, 0.1) is 16.1 Å². The van der Waals surface area contributed by atoms with Crippen LogP contribution in [0.5, 0.6) is 0 Å². The summed E-state index contributed by atoms with van der Waals surface area (Å²) in [6.07, 6.45) is 2.55. The molecule has 1 aliphatic rings. The van der Waals surface area contributed by atoms with Crippen LogP contribution < -0.4 is 0 Å². The lowest BCUT2D eigenvalue weighted by Crippen LogP contribution is -2.22. The molecule has 1 aliphatic carbocycles. The predicted molar refractivity (Wildman–Crippen MR) is 96.4 cm³/mol. The molecule has 0 radical (unpaired) electrons. The van der Waals surface area contributed by atoms with E-state index in [1.807, 2.05) is 6.92 Å². The van der Waals surface area contributed by atoms with Crippen LogP contribution in [0.1, 0.15) is 68.4 Å². The average molecular weight is 351 g/mol. The number of Topliss-reactive ketones (excluding diaryl/α,β-unsaturated/α-hetero) is 1. The molecule has 4 heteroatoms. The SMILES string of the molecule is CCCCC#CC(=O)c1ccc2c(c1Cl)C(=O)c1ccccc1C2=O. The molecule has 0 heterocycles. The Balaban J connectivity index is 2.05. The molecular formula is C21H15ClO3. The Bertz CT molecular complexity index is 961. The Hall–Kier alpha value is -2.70. The average Bonchev–Trinajstić information content (AvgIpc) is 2.63. The number of unbranched alkanes of at least 4 members (excludes halogenated alkanes) is 2. The van der Waals surface area contributed by atoms with Gasteiger partial charge < -0.3 is 0 Å². The normalized spacial score (nSPS) is 12.1. The predicted octanol–water partition coefficient (Wildman–Crippen LogP) is 4.49. The molecule has 0 bridgehead atoms. The molecule has 2 aromatic rings. The third kappa shape index (κ3) is 3.01. The van der Waals surface area contributed by atoms with E-state index in [1.54, 1.807) is 24.3 Å². The summed E-state index contributed by atoms with van der Waals surface area (Å²) in [5.41, 5.74) is 1.13. The van der Waals surface area contributed by atoms with E-state index < -0.39 is 5.78 Å². The number of hydrogen-bond donors (Lipinski definition) is 0. The fraction of sp³-hybridized carbons (Fsp3) is 0.190. The summed E-state index contributed by atoms with van der Waals surface area (Å²) in [4.78, 5) is 37.7. The highest BCUT2D eigenvalue weighted by Gasteiger charge is 2.32. The largest absolute Gasteiger partial charge is 0.289 e. The Labute approximate surface area is 151 Å². The molecule has 0 aliphatic heterocycles. The minimum Gasteiger partial charge on any atom is -0.289 e. The Morgan fingerprint density at radius 1 is 1.00 bits per heavy atom. The van der Waals surface area contributed by atoms with Crippen LogP contribution in [0.15, 0.2) is 36.4 Å². The van der Waals surface area contributed by atoms with Crippen molar-refractivity contribution in [1.29, 1.82) is 0 Å². The van der Waals surface area contributed by atoms with Gasteiger partial charge in [-0.15, -0.1) is 0 Å². The van der Waals surface area contributed by atoms with Gasteiger partial charge in [0, 0.05) is 23.1 Å². The third-order valence-electron chi connectivity index (χ3n) is 4.13. The molecule has 0 saturated heterocycles. The van der Waals surface area contributed by atoms with E-state index >= 15 is 0 Å². The van der Waals surface area contributed by atoms with Crippen molar-refractivity contribution in [2.45, 2.75) is 26.2 Å². The minimum atomic E-state index is -0.442. The first-order valence-corrected chi connectivity index (χ1v) is 8.48. The monoisotopic (exact) mass is 350 g/mol. The fourth-order valence-electron chi connectivity index (χ4n) is 2.80. The summed E-state index contributed by atoms with van der Waals surface area (Å²) in [5.74, 6) is 4.33. The van der Waals surface area contributed by atoms with Crippen LogP contribution in [0, 0.1) is 11.8 Å². The van der Waals surface area contributed by atoms with Crippen molar-refractivity contribution >= 4 is 29.0 Å². The summed E-state index contributed by atoms with van der Waals surface area (Å²) in [5, 5.41) is 0.000134. The molecule has 0 fully saturated rings. The smallest absolute Gasteiger partial charge is 0.237 e. The van der Waals surface area contributed by atoms with Crippen molar-refractivity contribution in [1.82, 2.24) is 0 Å². The van der Waals surface area contributed by atoms with Crippen molar-refractivity contribution in [2.24, 2.45) is 0 Å². The van der Waals surface area contributed by atoms with Gasteiger partial charge in [-0.25, -0.2) is 0 Å². The lowest BCUT2D eigenvalue weighted by Gasteiger charge is -2.19. The van der Waals surface area contributed by atoms with Gasteiger partial charge in [0.25, 0.3) is 0 Å². The van der Waals surface area contributed by atoms with Crippen LogP contribution in [-0.2, 0) is 0 Å². The standard InChI is InChI=1S/C21H15ClO3/c1-2-3-4-5-10-17(23)15-11-12-16-18(19(15)22)21(25)14-9-7-6-8-13(14)20(16)24/h6-9,11-12H,2-4H2,1H3. The lowest BCUT2D eigenvalue weighted by molar-refractivity contribution is 0.0978. The first-order valence-electron chi connectivity index (χ1n) is 8.10. The van der Waals surface area contributed by atoms with Crippen LogP contribution in [0.3, 0.4) is 0 Å². The zero-order valence-corrected chi connectivity index (χ0v) is 14.4. The quantitative estimate of drug-likeness (QED) is 0.302. The summed E-state index contributed by atoms with van der Waals surface area (Å²) in [6.45, 7) is 2.05. The minimum absolute atomic E-state index is 0.000134. The summed E-state index contributed by atoms with van der Waals surface area (Å²) in [7, 11) is 0. The zero-order chi connectivity index (χ0) is 18.0. The van der Waals surface area contributed by atoms with E-state index in [1.165, 1.54) is 12.1 Å². The highest BCUT2D eigenvalue weighted by molar-refractivity contribution is 6.42. The Morgan fingerprint density at radius 3 is 2.36 bits per heavy atom. The summed E-state index contributed by atoms with van der Waals surface area (Å²) in [6, 6.07) is 9.56. The maximum absolute atomic E-state index is 12.8. The van der Waals surface area contributed by atoms with Crippen LogP contribution in [0.25, 0.3) is 0 Å². The van der Waals surface area contributed by atoms with Gasteiger partial charge in [-0.1, -0.05) is 55.1 Å². The first kappa shape index (κ1) is 17.1. The second-order valence-electron chi connectivity index (χ2n) is 5.79. The zero-order valence-electron chi connectivity index (χ0n) is 13.7. The molecular weight excluding hydrogens is 336 g/mol. The molecule has 3 nitrogen and oxygen atoms in total. The first-order chi connectivity index (χ1) is 12.1. The highest BCUT2D eigenvalue weighted by Crippen LogP contribution is 2.33. The molecule has 0 atom stereocenters. The van der Waals surface area contributed by atoms with Gasteiger partial charge in [0.1, 0.15) is 0 Å². The molecule has 0 N–H and O–H groups in total. The maximum Gasteiger partial charge on any atom is 0.237 e. The summed E-state index contributed by atoms with van der Waals surface area (Å²) >= 11 is 6.33. The van der Waals surface area contributed by atoms with E-state index in [9.17, 15) is 14.4 Å². The van der Waals surface area contributed by atoms with Crippen LogP contribution in [-0.4, -0.2) is 17.3 Å². The van der Waals surface area contributed by atoms with Gasteiger partial charge in [-0.3, -0.25) is 14.4 Å². The maximum atomic E-state index is 12.8. The van der Waals surface area contributed by atoms with Crippen LogP contribution in [0.2, 0.25) is 5.02 Å². The van der Waals surface area contributed by atoms with E-state index in [-0.39, 0.29) is 33.3 Å². The van der Waals surface area contributed by atoms with Gasteiger partial charge in [0.2, 0.25) is 5.78 Å². The van der Waals surface area contributed by atoms with Crippen molar-refractivity contribution in [3.05, 3.63) is 69.2 Å². The molecule has 0 unspecified atom stereocenters. The Morgan fingerprint density at radius 2 is 1.68 bits per heavy atom. The van der Waals surface area contributed by atoms with Crippen molar-refractivity contribution in [3.63, 3.8) is 0 Å². The molecule has 0 saturated carbocycles. The number of carbonyl (C=O) groups is 3. The van der Waals surface area contributed by atoms with E-state index in [0.717, 1.165) is 12.8 Å². The van der Waals surface area contributed by atoms with Gasteiger partial charge in [-0.2, -0.15) is 0 Å². The Kier molecular flexibility index (Phi) is 4.83. The summed E-state index contributed by atoms with van der Waals surface area (Å²) < 4.78 is 0. The number of ketones is 3. The molecule has 2 aromatic carbocycles. The number of carbonyl (C=O) groups excluding carboxylic acids is 3. The number of benzene rings is 2. The third-order valence-corrected chi connectivity index (χ3v) is 4.52. The van der Waals surface area contributed by atoms with Gasteiger partial charge in [0.15, 0.2) is 11.6 Å². The van der Waals surface area contributed by atoms with Crippen molar-refractivity contribution in [2.75, 3.05) is 0 Å². The second-order valence-corrected chi connectivity index (χ2v) is 6.17. The molecule has 0 amide bonds. The number of halogens is 1.